The molecule has 7 nitrogen and oxygen atoms in total. The number of anilines is 1. The van der Waals surface area contributed by atoms with Gasteiger partial charge in [-0.15, -0.1) is 0 Å². The number of nitrogens with zero attached hydrogens (tertiary/aromatic N) is 3. The molecule has 1 aromatic carbocycles. The molecule has 1 aliphatic carbocycles. The monoisotopic (exact) mass is 488 g/mol. The summed E-state index contributed by atoms with van der Waals surface area (Å²) in [6.45, 7) is 3.86. The number of carbonyl (C=O) groups is 1. The Kier molecular flexibility index (Phi) is 6.48. The fourth-order valence-electron chi connectivity index (χ4n) is 5.45. The van der Waals surface area contributed by atoms with Crippen molar-refractivity contribution in [1.82, 2.24) is 25.3 Å². The summed E-state index contributed by atoms with van der Waals surface area (Å²) in [6.07, 6.45) is 8.92. The van der Waals surface area contributed by atoms with Crippen molar-refractivity contribution in [2.45, 2.75) is 63.0 Å². The molecule has 10 heteroatoms. The first-order valence-corrected chi connectivity index (χ1v) is 12.2. The van der Waals surface area contributed by atoms with Gasteiger partial charge in [0.1, 0.15) is 0 Å². The minimum Gasteiger partial charge on any atom is -0.368 e. The highest BCUT2D eigenvalue weighted by atomic mass is 19.4. The minimum absolute atomic E-state index is 0.0478. The van der Waals surface area contributed by atoms with E-state index in [0.29, 0.717) is 29.0 Å². The van der Waals surface area contributed by atoms with E-state index in [0.717, 1.165) is 25.2 Å². The van der Waals surface area contributed by atoms with Crippen molar-refractivity contribution < 1.29 is 18.0 Å². The molecule has 2 aromatic rings. The predicted octanol–water partition coefficient (Wildman–Crippen LogP) is 3.88. The molecule has 1 aromatic heterocycles. The maximum absolute atomic E-state index is 13.0. The number of H-pyrrole nitrogens is 1. The van der Waals surface area contributed by atoms with Crippen molar-refractivity contribution in [2.75, 3.05) is 25.0 Å². The van der Waals surface area contributed by atoms with Crippen LogP contribution in [0.5, 0.6) is 0 Å². The van der Waals surface area contributed by atoms with E-state index in [1.165, 1.54) is 31.7 Å². The molecule has 1 saturated heterocycles. The Hall–Kier alpha value is -3.01. The highest BCUT2D eigenvalue weighted by Gasteiger charge is 2.36. The third kappa shape index (κ3) is 5.17. The predicted molar refractivity (Wildman–Crippen MR) is 129 cm³/mol. The van der Waals surface area contributed by atoms with Crippen molar-refractivity contribution in [3.05, 3.63) is 48.2 Å². The van der Waals surface area contributed by atoms with Gasteiger partial charge in [0.25, 0.3) is 0 Å². The highest BCUT2D eigenvalue weighted by molar-refractivity contribution is 5.92. The molecule has 35 heavy (non-hydrogen) atoms. The Morgan fingerprint density at radius 3 is 2.60 bits per heavy atom. The molecule has 1 unspecified atom stereocenters. The molecule has 0 radical (unpaired) electrons. The summed E-state index contributed by atoms with van der Waals surface area (Å²) in [7, 11) is 0. The highest BCUT2D eigenvalue weighted by Crippen LogP contribution is 2.33. The van der Waals surface area contributed by atoms with Crippen LogP contribution in [-0.4, -0.2) is 69.7 Å². The van der Waals surface area contributed by atoms with E-state index < -0.39 is 11.7 Å². The van der Waals surface area contributed by atoms with E-state index in [-0.39, 0.29) is 24.3 Å². The molecule has 2 fully saturated rings. The Bertz CT molecular complexity index is 1110. The van der Waals surface area contributed by atoms with Gasteiger partial charge in [-0.25, -0.2) is 0 Å². The summed E-state index contributed by atoms with van der Waals surface area (Å²) in [5.41, 5.74) is -0.270. The molecular formula is C25H31F3N6O. The number of likely N-dealkylation sites (tertiary alicyclic amines) is 1. The second kappa shape index (κ2) is 9.56. The zero-order chi connectivity index (χ0) is 24.6. The second-order valence-corrected chi connectivity index (χ2v) is 9.78. The molecule has 0 bridgehead atoms. The van der Waals surface area contributed by atoms with Gasteiger partial charge in [0.05, 0.1) is 23.7 Å². The normalized spacial score (nSPS) is 25.6. The number of alkyl halides is 3. The second-order valence-electron chi connectivity index (χ2n) is 9.78. The fourth-order valence-corrected chi connectivity index (χ4v) is 5.45. The number of aromatic nitrogens is 2. The zero-order valence-corrected chi connectivity index (χ0v) is 19.7. The number of fused-ring (bicyclic) bond motifs is 1. The van der Waals surface area contributed by atoms with Crippen LogP contribution >= 0.6 is 0 Å². The molecule has 3 aliphatic rings. The lowest BCUT2D eigenvalue weighted by Gasteiger charge is -2.48. The maximum Gasteiger partial charge on any atom is 0.416 e. The van der Waals surface area contributed by atoms with Gasteiger partial charge in [0, 0.05) is 36.6 Å². The molecule has 5 rings (SSSR count). The standard InChI is InChI=1S/C25H31F3N6O/c1-16-4-2-3-11-34(16)20-8-6-19(7-9-20)33-14-18(15-33)30-23(35)13-29-24-21-12-17(25(26,27)28)5-10-22(21)31-32-24/h2-5,10-12,16,18-20H,6-9,13-15H2,1H3,(H,30,35)(H2,29,31,32). The lowest BCUT2D eigenvalue weighted by molar-refractivity contribution is -0.137. The van der Waals surface area contributed by atoms with Crippen molar-refractivity contribution in [3.63, 3.8) is 0 Å². The fraction of sp³-hybridized carbons (Fsp3) is 0.520. The summed E-state index contributed by atoms with van der Waals surface area (Å²) in [6, 6.07) is 5.10. The van der Waals surface area contributed by atoms with Crippen LogP contribution in [0.2, 0.25) is 0 Å². The van der Waals surface area contributed by atoms with Crippen LogP contribution in [0, 0.1) is 0 Å². The SMILES string of the molecule is CC1C=CC=CN1C1CCC(N2CC(NC(=O)CNc3n[nH]c4ccc(C(F)(F)F)cc34)C2)CC1. The molecule has 3 heterocycles. The van der Waals surface area contributed by atoms with Crippen LogP contribution in [-0.2, 0) is 11.0 Å². The van der Waals surface area contributed by atoms with Crippen LogP contribution in [0.1, 0.15) is 38.2 Å². The average molecular weight is 489 g/mol. The van der Waals surface area contributed by atoms with E-state index in [1.807, 2.05) is 0 Å². The number of rotatable bonds is 6. The number of carbonyl (C=O) groups excluding carboxylic acids is 1. The summed E-state index contributed by atoms with van der Waals surface area (Å²) in [5.74, 6) is 0.0435. The number of nitrogens with one attached hydrogen (secondary N) is 3. The van der Waals surface area contributed by atoms with Crippen LogP contribution in [0.25, 0.3) is 10.9 Å². The number of allylic oxidation sites excluding steroid dienone is 2. The average Bonchev–Trinajstić information content (AvgIpc) is 3.22. The van der Waals surface area contributed by atoms with E-state index in [1.54, 1.807) is 0 Å². The first-order valence-electron chi connectivity index (χ1n) is 12.2. The maximum atomic E-state index is 13.0. The Balaban J connectivity index is 1.05. The van der Waals surface area contributed by atoms with Gasteiger partial charge in [-0.3, -0.25) is 14.8 Å². The molecular weight excluding hydrogens is 457 g/mol. The number of amides is 1. The molecule has 1 amide bonds. The van der Waals surface area contributed by atoms with Crippen molar-refractivity contribution >= 4 is 22.6 Å². The number of hydrogen-bond donors (Lipinski definition) is 3. The molecule has 188 valence electrons. The molecule has 1 atom stereocenters. The van der Waals surface area contributed by atoms with E-state index in [9.17, 15) is 18.0 Å². The summed E-state index contributed by atoms with van der Waals surface area (Å²) >= 11 is 0. The number of aromatic amines is 1. The molecule has 1 saturated carbocycles. The van der Waals surface area contributed by atoms with Crippen LogP contribution in [0.15, 0.2) is 42.6 Å². The first kappa shape index (κ1) is 23.7. The van der Waals surface area contributed by atoms with Gasteiger partial charge in [-0.1, -0.05) is 12.2 Å². The molecule has 2 aliphatic heterocycles. The van der Waals surface area contributed by atoms with Gasteiger partial charge in [0.15, 0.2) is 5.82 Å². The summed E-state index contributed by atoms with van der Waals surface area (Å²) in [4.78, 5) is 17.3. The van der Waals surface area contributed by atoms with Gasteiger partial charge >= 0.3 is 6.18 Å². The van der Waals surface area contributed by atoms with E-state index >= 15 is 0 Å². The zero-order valence-electron chi connectivity index (χ0n) is 19.7. The number of hydrogen-bond acceptors (Lipinski definition) is 5. The lowest BCUT2D eigenvalue weighted by Crippen LogP contribution is -2.63. The lowest BCUT2D eigenvalue weighted by atomic mass is 9.86. The van der Waals surface area contributed by atoms with Gasteiger partial charge in [0.2, 0.25) is 5.91 Å². The summed E-state index contributed by atoms with van der Waals surface area (Å²) in [5, 5.41) is 12.9. The van der Waals surface area contributed by atoms with Crippen molar-refractivity contribution in [3.8, 4) is 0 Å². The minimum atomic E-state index is -4.43. The van der Waals surface area contributed by atoms with E-state index in [2.05, 4.69) is 62.0 Å². The number of benzene rings is 1. The Morgan fingerprint density at radius 2 is 1.89 bits per heavy atom. The number of halogens is 3. The van der Waals surface area contributed by atoms with Gasteiger partial charge in [-0.2, -0.15) is 18.3 Å². The topological polar surface area (TPSA) is 76.3 Å². The van der Waals surface area contributed by atoms with E-state index in [4.69, 9.17) is 0 Å². The Morgan fingerprint density at radius 1 is 1.14 bits per heavy atom. The van der Waals surface area contributed by atoms with Crippen molar-refractivity contribution in [2.24, 2.45) is 0 Å². The van der Waals surface area contributed by atoms with Gasteiger partial charge in [-0.05, 0) is 63.1 Å². The van der Waals surface area contributed by atoms with Crippen molar-refractivity contribution in [1.29, 1.82) is 0 Å². The van der Waals surface area contributed by atoms with Gasteiger partial charge < -0.3 is 15.5 Å². The first-order chi connectivity index (χ1) is 16.8. The summed E-state index contributed by atoms with van der Waals surface area (Å²) < 4.78 is 39.0. The molecule has 0 spiro atoms. The largest absolute Gasteiger partial charge is 0.416 e. The third-order valence-electron chi connectivity index (χ3n) is 7.41. The quantitative estimate of drug-likeness (QED) is 0.576. The molecule has 3 N–H and O–H groups in total. The van der Waals surface area contributed by atoms with Crippen LogP contribution in [0.3, 0.4) is 0 Å². The van der Waals surface area contributed by atoms with Crippen LogP contribution < -0.4 is 10.6 Å². The van der Waals surface area contributed by atoms with Crippen LogP contribution in [0.4, 0.5) is 19.0 Å². The third-order valence-corrected chi connectivity index (χ3v) is 7.41. The smallest absolute Gasteiger partial charge is 0.368 e. The Labute approximate surface area is 202 Å².